The van der Waals surface area contributed by atoms with Crippen molar-refractivity contribution in [3.63, 3.8) is 0 Å². The van der Waals surface area contributed by atoms with Crippen LogP contribution in [0, 0.1) is 5.41 Å². The van der Waals surface area contributed by atoms with Gasteiger partial charge in [0.25, 0.3) is 0 Å². The third-order valence-corrected chi connectivity index (χ3v) is 6.82. The van der Waals surface area contributed by atoms with Gasteiger partial charge >= 0.3 is 5.97 Å². The highest BCUT2D eigenvalue weighted by Crippen LogP contribution is 2.43. The van der Waals surface area contributed by atoms with Gasteiger partial charge < -0.3 is 4.74 Å². The zero-order chi connectivity index (χ0) is 19.3. The Morgan fingerprint density at radius 3 is 2.36 bits per heavy atom. The van der Waals surface area contributed by atoms with Crippen LogP contribution < -0.4 is 0 Å². The molecule has 2 aromatic carbocycles. The van der Waals surface area contributed by atoms with Gasteiger partial charge in [0, 0.05) is 5.56 Å². The van der Waals surface area contributed by atoms with Crippen molar-refractivity contribution in [3.8, 4) is 0 Å². The van der Waals surface area contributed by atoms with Gasteiger partial charge in [-0.15, -0.1) is 0 Å². The highest BCUT2D eigenvalue weighted by atomic mass is 16.5. The number of Topliss-reactive ketones (excluding diaryl/α,β-unsaturated/α-hetero) is 1. The molecule has 0 amide bonds. The molecular formula is C25H26O3. The molecular weight excluding hydrogens is 348 g/mol. The fourth-order valence-corrected chi connectivity index (χ4v) is 5.43. The maximum Gasteiger partial charge on any atom is 0.320 e. The zero-order valence-electron chi connectivity index (χ0n) is 16.5. The average Bonchev–Trinajstić information content (AvgIpc) is 3.39. The molecule has 3 heteroatoms. The summed E-state index contributed by atoms with van der Waals surface area (Å²) >= 11 is 0. The first-order valence-electron chi connectivity index (χ1n) is 10.6. The molecule has 144 valence electrons. The van der Waals surface area contributed by atoms with E-state index in [0.717, 1.165) is 48.8 Å². The van der Waals surface area contributed by atoms with Crippen LogP contribution in [0.4, 0.5) is 0 Å². The van der Waals surface area contributed by atoms with Crippen LogP contribution in [-0.4, -0.2) is 18.4 Å². The molecule has 3 aliphatic rings. The molecule has 3 aliphatic carbocycles. The number of carbonyl (C=O) groups excluding carboxylic acids is 2. The van der Waals surface area contributed by atoms with E-state index in [1.807, 2.05) is 6.92 Å². The third-order valence-electron chi connectivity index (χ3n) is 6.82. The van der Waals surface area contributed by atoms with Gasteiger partial charge in [0.1, 0.15) is 5.41 Å². The lowest BCUT2D eigenvalue weighted by Gasteiger charge is -2.25. The lowest BCUT2D eigenvalue weighted by atomic mass is 9.77. The van der Waals surface area contributed by atoms with E-state index in [9.17, 15) is 9.59 Å². The van der Waals surface area contributed by atoms with Crippen molar-refractivity contribution in [2.75, 3.05) is 6.61 Å². The van der Waals surface area contributed by atoms with Crippen molar-refractivity contribution in [1.82, 2.24) is 0 Å². The Kier molecular flexibility index (Phi) is 4.15. The fraction of sp³-hybridized carbons (Fsp3) is 0.440. The highest BCUT2D eigenvalue weighted by Gasteiger charge is 2.53. The van der Waals surface area contributed by atoms with Crippen molar-refractivity contribution < 1.29 is 14.3 Å². The zero-order valence-corrected chi connectivity index (χ0v) is 16.5. The van der Waals surface area contributed by atoms with Gasteiger partial charge in [-0.2, -0.15) is 0 Å². The van der Waals surface area contributed by atoms with Crippen molar-refractivity contribution in [1.29, 1.82) is 0 Å². The van der Waals surface area contributed by atoms with Crippen LogP contribution in [-0.2, 0) is 48.1 Å². The number of fused-ring (bicyclic) bond motifs is 3. The molecule has 0 aromatic heterocycles. The SMILES string of the molecule is CCOC(=O)[C@@]1(Cc2ccc3c(c2)CCC3)Cc2cc3c(cc2C1=O)CCC3. The lowest BCUT2D eigenvalue weighted by molar-refractivity contribution is -0.152. The number of esters is 1. The highest BCUT2D eigenvalue weighted by molar-refractivity contribution is 6.16. The van der Waals surface area contributed by atoms with Gasteiger partial charge in [0.05, 0.1) is 6.61 Å². The van der Waals surface area contributed by atoms with E-state index in [-0.39, 0.29) is 11.8 Å². The topological polar surface area (TPSA) is 43.4 Å². The molecule has 0 N–H and O–H groups in total. The average molecular weight is 374 g/mol. The molecule has 0 radical (unpaired) electrons. The van der Waals surface area contributed by atoms with Gasteiger partial charge in [-0.05, 0) is 97.7 Å². The maximum absolute atomic E-state index is 13.6. The van der Waals surface area contributed by atoms with E-state index in [4.69, 9.17) is 4.74 Å². The van der Waals surface area contributed by atoms with Crippen LogP contribution in [0.1, 0.15) is 63.5 Å². The number of hydrogen-bond donors (Lipinski definition) is 0. The predicted octanol–water partition coefficient (Wildman–Crippen LogP) is 4.20. The number of aryl methyl sites for hydroxylation is 4. The third kappa shape index (κ3) is 2.63. The van der Waals surface area contributed by atoms with E-state index in [1.165, 1.54) is 28.7 Å². The summed E-state index contributed by atoms with van der Waals surface area (Å²) in [7, 11) is 0. The van der Waals surface area contributed by atoms with Crippen LogP contribution >= 0.6 is 0 Å². The first-order valence-corrected chi connectivity index (χ1v) is 10.6. The number of carbonyl (C=O) groups is 2. The van der Waals surface area contributed by atoms with Crippen LogP contribution in [0.3, 0.4) is 0 Å². The van der Waals surface area contributed by atoms with Crippen LogP contribution in [0.15, 0.2) is 30.3 Å². The van der Waals surface area contributed by atoms with Crippen LogP contribution in [0.2, 0.25) is 0 Å². The van der Waals surface area contributed by atoms with Gasteiger partial charge in [0.15, 0.2) is 5.78 Å². The summed E-state index contributed by atoms with van der Waals surface area (Å²) < 4.78 is 5.44. The first-order chi connectivity index (χ1) is 13.6. The normalized spacial score (nSPS) is 22.1. The molecule has 0 unspecified atom stereocenters. The number of hydrogen-bond acceptors (Lipinski definition) is 3. The molecule has 3 nitrogen and oxygen atoms in total. The molecule has 0 fully saturated rings. The Bertz CT molecular complexity index is 988. The number of ether oxygens (including phenoxy) is 1. The molecule has 0 heterocycles. The van der Waals surface area contributed by atoms with Crippen LogP contribution in [0.5, 0.6) is 0 Å². The molecule has 28 heavy (non-hydrogen) atoms. The Morgan fingerprint density at radius 2 is 1.61 bits per heavy atom. The Morgan fingerprint density at radius 1 is 0.929 bits per heavy atom. The van der Waals surface area contributed by atoms with Crippen molar-refractivity contribution in [3.05, 3.63) is 69.3 Å². The van der Waals surface area contributed by atoms with E-state index in [1.54, 1.807) is 0 Å². The standard InChI is InChI=1S/C25H26O3/c1-2-28-24(27)25(14-16-9-10-17-5-3-6-18(17)11-16)15-21-12-19-7-4-8-20(19)13-22(21)23(25)26/h9-13H,2-8,14-15H2,1H3/t25-/m0/s1. The van der Waals surface area contributed by atoms with Gasteiger partial charge in [-0.3, -0.25) is 9.59 Å². The Balaban J connectivity index is 1.55. The monoisotopic (exact) mass is 374 g/mol. The Labute approximate surface area is 166 Å². The molecule has 0 aliphatic heterocycles. The Hall–Kier alpha value is -2.42. The molecule has 5 rings (SSSR count). The second kappa shape index (κ2) is 6.58. The van der Waals surface area contributed by atoms with Crippen molar-refractivity contribution in [2.45, 2.75) is 58.3 Å². The lowest BCUT2D eigenvalue weighted by Crippen LogP contribution is -2.41. The quantitative estimate of drug-likeness (QED) is 0.595. The predicted molar refractivity (Wildman–Crippen MR) is 108 cm³/mol. The fourth-order valence-electron chi connectivity index (χ4n) is 5.43. The van der Waals surface area contributed by atoms with E-state index >= 15 is 0 Å². The summed E-state index contributed by atoms with van der Waals surface area (Å²) in [6, 6.07) is 10.7. The first kappa shape index (κ1) is 17.7. The summed E-state index contributed by atoms with van der Waals surface area (Å²) in [6.07, 6.45) is 7.58. The number of rotatable bonds is 4. The van der Waals surface area contributed by atoms with E-state index in [0.29, 0.717) is 19.4 Å². The van der Waals surface area contributed by atoms with Gasteiger partial charge in [-0.1, -0.05) is 24.3 Å². The second-order valence-corrected chi connectivity index (χ2v) is 8.57. The molecule has 1 atom stereocenters. The summed E-state index contributed by atoms with van der Waals surface area (Å²) in [5.41, 5.74) is 7.15. The summed E-state index contributed by atoms with van der Waals surface area (Å²) in [4.78, 5) is 26.7. The van der Waals surface area contributed by atoms with Crippen LogP contribution in [0.25, 0.3) is 0 Å². The molecule has 0 bridgehead atoms. The maximum atomic E-state index is 13.6. The van der Waals surface area contributed by atoms with Gasteiger partial charge in [0.2, 0.25) is 0 Å². The number of benzene rings is 2. The summed E-state index contributed by atoms with van der Waals surface area (Å²) in [5, 5.41) is 0. The van der Waals surface area contributed by atoms with Crippen molar-refractivity contribution >= 4 is 11.8 Å². The molecule has 0 saturated carbocycles. The smallest absolute Gasteiger partial charge is 0.320 e. The molecule has 2 aromatic rings. The van der Waals surface area contributed by atoms with Gasteiger partial charge in [-0.25, -0.2) is 0 Å². The summed E-state index contributed by atoms with van der Waals surface area (Å²) in [6.45, 7) is 2.10. The minimum atomic E-state index is -1.11. The summed E-state index contributed by atoms with van der Waals surface area (Å²) in [5.74, 6) is -0.409. The minimum absolute atomic E-state index is 0.0452. The van der Waals surface area contributed by atoms with E-state index < -0.39 is 5.41 Å². The molecule has 0 spiro atoms. The largest absolute Gasteiger partial charge is 0.465 e. The molecule has 0 saturated heterocycles. The second-order valence-electron chi connectivity index (χ2n) is 8.57. The number of ketones is 1. The van der Waals surface area contributed by atoms with E-state index in [2.05, 4.69) is 30.3 Å². The van der Waals surface area contributed by atoms with Crippen molar-refractivity contribution in [2.24, 2.45) is 5.41 Å². The minimum Gasteiger partial charge on any atom is -0.465 e.